The molecule has 2 aliphatic rings. The highest BCUT2D eigenvalue weighted by atomic mass is 19.1. The summed E-state index contributed by atoms with van der Waals surface area (Å²) in [6.07, 6.45) is 0.626. The zero-order valence-electron chi connectivity index (χ0n) is 17.5. The lowest BCUT2D eigenvalue weighted by atomic mass is 9.88. The van der Waals surface area contributed by atoms with Crippen LogP contribution in [0, 0.1) is 24.6 Å². The van der Waals surface area contributed by atoms with Gasteiger partial charge in [-0.3, -0.25) is 4.79 Å². The number of likely N-dealkylation sites (tertiary alicyclic amines) is 1. The van der Waals surface area contributed by atoms with E-state index in [0.717, 1.165) is 0 Å². The molecule has 1 aromatic carbocycles. The Kier molecular flexibility index (Phi) is 6.74. The zero-order chi connectivity index (χ0) is 21.1. The van der Waals surface area contributed by atoms with Crippen molar-refractivity contribution in [2.75, 3.05) is 38.0 Å². The topological polar surface area (TPSA) is 95.3 Å². The number of quaternary nitrogens is 1. The lowest BCUT2D eigenvalue weighted by Gasteiger charge is -2.41. The van der Waals surface area contributed by atoms with Crippen LogP contribution >= 0.6 is 0 Å². The fraction of sp³-hybridized carbons (Fsp3) is 0.619. The van der Waals surface area contributed by atoms with E-state index >= 15 is 0 Å². The average Bonchev–Trinajstić information content (AvgIpc) is 2.69. The second-order valence-corrected chi connectivity index (χ2v) is 8.73. The van der Waals surface area contributed by atoms with Gasteiger partial charge < -0.3 is 26.2 Å². The van der Waals surface area contributed by atoms with Gasteiger partial charge >= 0.3 is 6.03 Å². The molecule has 2 aliphatic heterocycles. The molecule has 0 aliphatic carbocycles. The molecule has 0 spiro atoms. The molecule has 29 heavy (non-hydrogen) atoms. The zero-order valence-corrected chi connectivity index (χ0v) is 17.5. The highest BCUT2D eigenvalue weighted by molar-refractivity contribution is 5.93. The Bertz CT molecular complexity index is 749. The number of nitrogens with zero attached hydrogens (tertiary/aromatic N) is 2. The van der Waals surface area contributed by atoms with Gasteiger partial charge in [0.1, 0.15) is 17.9 Å². The molecular weight excluding hydrogens is 373 g/mol. The van der Waals surface area contributed by atoms with Gasteiger partial charge in [-0.2, -0.15) is 0 Å². The Hall–Kier alpha value is -2.19. The number of urea groups is 1. The van der Waals surface area contributed by atoms with Gasteiger partial charge in [-0.25, -0.2) is 9.18 Å². The fourth-order valence-corrected chi connectivity index (χ4v) is 4.44. The van der Waals surface area contributed by atoms with Crippen LogP contribution in [-0.4, -0.2) is 66.5 Å². The van der Waals surface area contributed by atoms with E-state index in [1.165, 1.54) is 6.07 Å². The van der Waals surface area contributed by atoms with E-state index in [9.17, 15) is 14.0 Å². The first-order valence-corrected chi connectivity index (χ1v) is 10.4. The lowest BCUT2D eigenvalue weighted by molar-refractivity contribution is -0.723. The van der Waals surface area contributed by atoms with Gasteiger partial charge in [0.2, 0.25) is 5.91 Å². The highest BCUT2D eigenvalue weighted by Gasteiger charge is 2.37. The van der Waals surface area contributed by atoms with Gasteiger partial charge in [-0.1, -0.05) is 6.07 Å². The molecule has 3 rings (SSSR count). The number of hydrogen-bond acceptors (Lipinski definition) is 3. The van der Waals surface area contributed by atoms with Gasteiger partial charge in [-0.05, 0) is 57.4 Å². The summed E-state index contributed by atoms with van der Waals surface area (Å²) in [6.45, 7) is 8.67. The van der Waals surface area contributed by atoms with Crippen LogP contribution in [0.5, 0.6) is 0 Å². The minimum Gasteiger partial charge on any atom is -0.339 e. The molecular formula is C21H33FN5O2+. The van der Waals surface area contributed by atoms with Crippen molar-refractivity contribution >= 4 is 17.6 Å². The smallest absolute Gasteiger partial charge is 0.320 e. The van der Waals surface area contributed by atoms with Gasteiger partial charge in [0.05, 0.1) is 19.0 Å². The van der Waals surface area contributed by atoms with Crippen LogP contribution < -0.4 is 16.4 Å². The minimum absolute atomic E-state index is 0.0193. The molecule has 0 radical (unpaired) electrons. The third-order valence-electron chi connectivity index (χ3n) is 5.90. The third-order valence-corrected chi connectivity index (χ3v) is 5.90. The number of amides is 3. The minimum atomic E-state index is -0.364. The van der Waals surface area contributed by atoms with Crippen LogP contribution in [0.4, 0.5) is 14.9 Å². The monoisotopic (exact) mass is 406 g/mol. The van der Waals surface area contributed by atoms with Crippen molar-refractivity contribution in [3.05, 3.63) is 29.6 Å². The van der Waals surface area contributed by atoms with E-state index in [1.54, 1.807) is 24.0 Å². The number of carbonyl (C=O) groups excluding carboxylic acids is 2. The molecule has 2 heterocycles. The number of aryl methyl sites for hydroxylation is 1. The molecule has 0 unspecified atom stereocenters. The Morgan fingerprint density at radius 3 is 2.45 bits per heavy atom. The fourth-order valence-electron chi connectivity index (χ4n) is 4.44. The quantitative estimate of drug-likeness (QED) is 0.691. The largest absolute Gasteiger partial charge is 0.339 e. The Morgan fingerprint density at radius 1 is 1.17 bits per heavy atom. The van der Waals surface area contributed by atoms with Crippen LogP contribution in [-0.2, 0) is 4.79 Å². The van der Waals surface area contributed by atoms with Gasteiger partial charge in [0, 0.05) is 18.8 Å². The van der Waals surface area contributed by atoms with E-state index in [-0.39, 0.29) is 29.6 Å². The third kappa shape index (κ3) is 5.25. The Balaban J connectivity index is 1.68. The number of piperidine rings is 1. The van der Waals surface area contributed by atoms with E-state index in [2.05, 4.69) is 24.5 Å². The molecule has 160 valence electrons. The van der Waals surface area contributed by atoms with E-state index in [4.69, 9.17) is 5.73 Å². The Morgan fingerprint density at radius 2 is 1.83 bits per heavy atom. The summed E-state index contributed by atoms with van der Waals surface area (Å²) in [5.41, 5.74) is 6.86. The maximum Gasteiger partial charge on any atom is 0.320 e. The molecule has 8 heteroatoms. The summed E-state index contributed by atoms with van der Waals surface area (Å²) < 4.78 is 13.8. The number of rotatable bonds is 3. The predicted octanol–water partition coefficient (Wildman–Crippen LogP) is 0.745. The van der Waals surface area contributed by atoms with Gasteiger partial charge in [0.25, 0.3) is 0 Å². The second kappa shape index (κ2) is 9.09. The van der Waals surface area contributed by atoms with Crippen molar-refractivity contribution in [1.82, 2.24) is 9.80 Å². The number of anilines is 1. The maximum atomic E-state index is 13.8. The van der Waals surface area contributed by atoms with Crippen molar-refractivity contribution in [2.45, 2.75) is 39.3 Å². The molecule has 3 amide bonds. The molecule has 1 aromatic rings. The maximum absolute atomic E-state index is 13.8. The Labute approximate surface area is 171 Å². The van der Waals surface area contributed by atoms with Gasteiger partial charge in [-0.15, -0.1) is 0 Å². The second-order valence-electron chi connectivity index (χ2n) is 8.73. The molecule has 2 fully saturated rings. The number of nitrogens with one attached hydrogen (secondary N) is 1. The summed E-state index contributed by atoms with van der Waals surface area (Å²) in [6, 6.07) is 5.35. The van der Waals surface area contributed by atoms with Crippen molar-refractivity contribution in [3.63, 3.8) is 0 Å². The van der Waals surface area contributed by atoms with Crippen molar-refractivity contribution < 1.29 is 19.3 Å². The summed E-state index contributed by atoms with van der Waals surface area (Å²) in [7, 11) is 0. The van der Waals surface area contributed by atoms with Crippen LogP contribution in [0.1, 0.15) is 25.8 Å². The summed E-state index contributed by atoms with van der Waals surface area (Å²) in [4.78, 5) is 29.6. The molecule has 5 N–H and O–H groups in total. The molecule has 4 atom stereocenters. The van der Waals surface area contributed by atoms with Crippen LogP contribution in [0.25, 0.3) is 0 Å². The number of carbonyl (C=O) groups is 2. The predicted molar refractivity (Wildman–Crippen MR) is 110 cm³/mol. The van der Waals surface area contributed by atoms with Crippen molar-refractivity contribution in [1.29, 1.82) is 0 Å². The van der Waals surface area contributed by atoms with E-state index < -0.39 is 0 Å². The van der Waals surface area contributed by atoms with E-state index in [1.807, 2.05) is 4.90 Å². The number of hydrogen-bond donors (Lipinski definition) is 3. The SMILES string of the molecule is Cc1ccc(NC(=O)[C@H]2C[C@@H](CN)CN(C(=O)N3C[C@@H](C)[NH2+][C@@H](C)C3)C2)cc1F. The summed E-state index contributed by atoms with van der Waals surface area (Å²) in [5.74, 6) is -0.840. The number of halogens is 1. The molecule has 0 bridgehead atoms. The first-order chi connectivity index (χ1) is 13.8. The highest BCUT2D eigenvalue weighted by Crippen LogP contribution is 2.24. The number of piperazine rings is 1. The summed E-state index contributed by atoms with van der Waals surface area (Å²) in [5, 5.41) is 5.08. The first kappa shape index (κ1) is 21.5. The normalized spacial score (nSPS) is 27.6. The summed E-state index contributed by atoms with van der Waals surface area (Å²) >= 11 is 0. The standard InChI is InChI=1S/C21H32FN5O2/c1-13-4-5-18(7-19(13)22)25-20(28)17-6-16(8-23)11-27(12-17)21(29)26-9-14(2)24-15(3)10-26/h4-5,7,14-17,24H,6,8-12,23H2,1-3H3,(H,25,28)/p+1/t14-,15+,16-,17-/m0/s1. The molecule has 0 saturated carbocycles. The van der Waals surface area contributed by atoms with Crippen LogP contribution in [0.3, 0.4) is 0 Å². The molecule has 7 nitrogen and oxygen atoms in total. The average molecular weight is 407 g/mol. The number of benzene rings is 1. The van der Waals surface area contributed by atoms with Crippen molar-refractivity contribution in [2.24, 2.45) is 17.6 Å². The van der Waals surface area contributed by atoms with Gasteiger partial charge in [0.15, 0.2) is 0 Å². The van der Waals surface area contributed by atoms with Crippen molar-refractivity contribution in [3.8, 4) is 0 Å². The lowest BCUT2D eigenvalue weighted by Crippen LogP contribution is -2.99. The van der Waals surface area contributed by atoms with Crippen LogP contribution in [0.2, 0.25) is 0 Å². The first-order valence-electron chi connectivity index (χ1n) is 10.4. The molecule has 2 saturated heterocycles. The van der Waals surface area contributed by atoms with E-state index in [0.29, 0.717) is 62.5 Å². The molecule has 0 aromatic heterocycles. The van der Waals surface area contributed by atoms with Crippen LogP contribution in [0.15, 0.2) is 18.2 Å². The number of nitrogens with two attached hydrogens (primary N) is 2.